The average Bonchev–Trinajstić information content (AvgIpc) is 3.02. The molecule has 0 aromatic heterocycles. The Bertz CT molecular complexity index is 377. The summed E-state index contributed by atoms with van der Waals surface area (Å²) in [5, 5.41) is 0. The Morgan fingerprint density at radius 2 is 1.78 bits per heavy atom. The zero-order valence-electron chi connectivity index (χ0n) is 10.2. The highest BCUT2D eigenvalue weighted by molar-refractivity contribution is 6.06. The highest BCUT2D eigenvalue weighted by atomic mass is 16.5. The van der Waals surface area contributed by atoms with E-state index in [1.807, 2.05) is 0 Å². The number of rotatable bonds is 5. The molecule has 2 bridgehead atoms. The van der Waals surface area contributed by atoms with Crippen molar-refractivity contribution in [1.82, 2.24) is 4.90 Å². The topological polar surface area (TPSA) is 72.6 Å². The van der Waals surface area contributed by atoms with Crippen molar-refractivity contribution >= 4 is 11.8 Å². The third kappa shape index (κ3) is 1.61. The van der Waals surface area contributed by atoms with E-state index in [0.29, 0.717) is 26.3 Å². The summed E-state index contributed by atoms with van der Waals surface area (Å²) in [5.74, 6) is 0.373. The van der Waals surface area contributed by atoms with Crippen molar-refractivity contribution in [2.45, 2.75) is 6.42 Å². The zero-order chi connectivity index (χ0) is 12.7. The predicted octanol–water partition coefficient (Wildman–Crippen LogP) is -0.231. The van der Waals surface area contributed by atoms with Gasteiger partial charge in [-0.05, 0) is 18.3 Å². The second-order valence-corrected chi connectivity index (χ2v) is 5.23. The Kier molecular flexibility index (Phi) is 2.95. The van der Waals surface area contributed by atoms with E-state index >= 15 is 0 Å². The number of carbonyl (C=O) groups is 2. The van der Waals surface area contributed by atoms with E-state index in [1.165, 1.54) is 4.90 Å². The van der Waals surface area contributed by atoms with Gasteiger partial charge in [-0.1, -0.05) is 12.2 Å². The van der Waals surface area contributed by atoms with Crippen LogP contribution >= 0.6 is 0 Å². The Labute approximate surface area is 106 Å². The molecule has 2 fully saturated rings. The van der Waals surface area contributed by atoms with Crippen LogP contribution in [0.3, 0.4) is 0 Å². The molecule has 1 heterocycles. The molecule has 1 saturated carbocycles. The number of nitrogens with two attached hydrogens (primary N) is 1. The van der Waals surface area contributed by atoms with Crippen molar-refractivity contribution in [2.24, 2.45) is 29.4 Å². The van der Waals surface area contributed by atoms with Crippen molar-refractivity contribution in [3.8, 4) is 0 Å². The van der Waals surface area contributed by atoms with Crippen LogP contribution < -0.4 is 5.73 Å². The van der Waals surface area contributed by atoms with Crippen LogP contribution in [0.15, 0.2) is 12.2 Å². The third-order valence-electron chi connectivity index (χ3n) is 4.28. The number of likely N-dealkylation sites (tertiary alicyclic amines) is 1. The summed E-state index contributed by atoms with van der Waals surface area (Å²) in [5.41, 5.74) is 5.32. The zero-order valence-corrected chi connectivity index (χ0v) is 10.2. The summed E-state index contributed by atoms with van der Waals surface area (Å²) in [6.07, 6.45) is 5.18. The number of amides is 2. The Morgan fingerprint density at radius 3 is 2.33 bits per heavy atom. The van der Waals surface area contributed by atoms with Crippen molar-refractivity contribution in [2.75, 3.05) is 26.3 Å². The number of allylic oxidation sites excluding steroid dienone is 2. The average molecular weight is 250 g/mol. The van der Waals surface area contributed by atoms with Gasteiger partial charge in [0.25, 0.3) is 0 Å². The van der Waals surface area contributed by atoms with Gasteiger partial charge in [-0.3, -0.25) is 14.5 Å². The quantitative estimate of drug-likeness (QED) is 0.415. The van der Waals surface area contributed by atoms with E-state index in [9.17, 15) is 9.59 Å². The number of hydrogen-bond acceptors (Lipinski definition) is 4. The van der Waals surface area contributed by atoms with Crippen molar-refractivity contribution in [3.05, 3.63) is 12.2 Å². The third-order valence-corrected chi connectivity index (χ3v) is 4.28. The highest BCUT2D eigenvalue weighted by Crippen LogP contribution is 2.52. The summed E-state index contributed by atoms with van der Waals surface area (Å²) in [6, 6.07) is 0. The molecule has 0 aromatic carbocycles. The smallest absolute Gasteiger partial charge is 0.233 e. The summed E-state index contributed by atoms with van der Waals surface area (Å²) < 4.78 is 5.25. The van der Waals surface area contributed by atoms with Gasteiger partial charge in [0, 0.05) is 6.54 Å². The van der Waals surface area contributed by atoms with E-state index in [0.717, 1.165) is 6.42 Å². The molecule has 4 unspecified atom stereocenters. The van der Waals surface area contributed by atoms with Crippen LogP contribution in [0.5, 0.6) is 0 Å². The molecular weight excluding hydrogens is 232 g/mol. The molecule has 2 amide bonds. The van der Waals surface area contributed by atoms with E-state index in [4.69, 9.17) is 10.5 Å². The lowest BCUT2D eigenvalue weighted by Gasteiger charge is -2.16. The van der Waals surface area contributed by atoms with Gasteiger partial charge in [-0.15, -0.1) is 0 Å². The predicted molar refractivity (Wildman–Crippen MR) is 64.3 cm³/mol. The maximum absolute atomic E-state index is 12.2. The molecule has 3 aliphatic rings. The first-order valence-corrected chi connectivity index (χ1v) is 6.55. The van der Waals surface area contributed by atoms with E-state index in [1.54, 1.807) is 0 Å². The van der Waals surface area contributed by atoms with E-state index in [-0.39, 0.29) is 35.5 Å². The SMILES string of the molecule is NCCOCCN1C(=O)C2C3C=CC(C3)C2C1=O. The molecule has 4 atom stereocenters. The Morgan fingerprint density at radius 1 is 1.17 bits per heavy atom. The summed E-state index contributed by atoms with van der Waals surface area (Å²) in [4.78, 5) is 25.9. The monoisotopic (exact) mass is 250 g/mol. The van der Waals surface area contributed by atoms with E-state index in [2.05, 4.69) is 12.2 Å². The number of nitrogens with zero attached hydrogens (tertiary/aromatic N) is 1. The van der Waals surface area contributed by atoms with Crippen LogP contribution in [-0.2, 0) is 14.3 Å². The van der Waals surface area contributed by atoms with Crippen LogP contribution in [0.2, 0.25) is 0 Å². The van der Waals surface area contributed by atoms with Gasteiger partial charge in [0.05, 0.1) is 31.6 Å². The van der Waals surface area contributed by atoms with Crippen LogP contribution in [0.1, 0.15) is 6.42 Å². The van der Waals surface area contributed by atoms with Gasteiger partial charge >= 0.3 is 0 Å². The summed E-state index contributed by atoms with van der Waals surface area (Å²) in [6.45, 7) is 1.68. The maximum Gasteiger partial charge on any atom is 0.233 e. The van der Waals surface area contributed by atoms with Crippen molar-refractivity contribution in [3.63, 3.8) is 0 Å². The van der Waals surface area contributed by atoms with Gasteiger partial charge in [-0.2, -0.15) is 0 Å². The molecule has 2 N–H and O–H groups in total. The van der Waals surface area contributed by atoms with Crippen LogP contribution in [-0.4, -0.2) is 43.0 Å². The van der Waals surface area contributed by atoms with Gasteiger partial charge < -0.3 is 10.5 Å². The summed E-state index contributed by atoms with van der Waals surface area (Å²) >= 11 is 0. The molecule has 98 valence electrons. The van der Waals surface area contributed by atoms with Crippen LogP contribution in [0, 0.1) is 23.7 Å². The number of fused-ring (bicyclic) bond motifs is 5. The second-order valence-electron chi connectivity index (χ2n) is 5.23. The molecular formula is C13H18N2O3. The minimum Gasteiger partial charge on any atom is -0.378 e. The fraction of sp³-hybridized carbons (Fsp3) is 0.692. The minimum absolute atomic E-state index is 0.00167. The molecule has 2 aliphatic carbocycles. The lowest BCUT2D eigenvalue weighted by atomic mass is 9.85. The largest absolute Gasteiger partial charge is 0.378 e. The molecule has 0 radical (unpaired) electrons. The highest BCUT2D eigenvalue weighted by Gasteiger charge is 2.58. The van der Waals surface area contributed by atoms with Gasteiger partial charge in [-0.25, -0.2) is 0 Å². The van der Waals surface area contributed by atoms with Gasteiger partial charge in [0.15, 0.2) is 0 Å². The molecule has 5 heteroatoms. The summed E-state index contributed by atoms with van der Waals surface area (Å²) in [7, 11) is 0. The molecule has 5 nitrogen and oxygen atoms in total. The van der Waals surface area contributed by atoms with E-state index < -0.39 is 0 Å². The number of carbonyl (C=O) groups excluding carboxylic acids is 2. The fourth-order valence-electron chi connectivity index (χ4n) is 3.53. The molecule has 1 aliphatic heterocycles. The number of ether oxygens (including phenoxy) is 1. The van der Waals surface area contributed by atoms with Crippen molar-refractivity contribution < 1.29 is 14.3 Å². The molecule has 3 rings (SSSR count). The first kappa shape index (κ1) is 11.9. The first-order valence-electron chi connectivity index (χ1n) is 6.55. The molecule has 0 aromatic rings. The lowest BCUT2D eigenvalue weighted by molar-refractivity contribution is -0.141. The normalized spacial score (nSPS) is 36.8. The van der Waals surface area contributed by atoms with Crippen LogP contribution in [0.25, 0.3) is 0 Å². The first-order chi connectivity index (χ1) is 8.74. The van der Waals surface area contributed by atoms with Crippen LogP contribution in [0.4, 0.5) is 0 Å². The standard InChI is InChI=1S/C13H18N2O3/c14-3-5-18-6-4-15-12(16)10-8-1-2-9(7-8)11(10)13(15)17/h1-2,8-11H,3-7,14H2. The Hall–Kier alpha value is -1.20. The minimum atomic E-state index is -0.0954. The van der Waals surface area contributed by atoms with Gasteiger partial charge in [0.1, 0.15) is 0 Å². The molecule has 1 saturated heterocycles. The molecule has 0 spiro atoms. The Balaban J connectivity index is 1.65. The van der Waals surface area contributed by atoms with Gasteiger partial charge in [0.2, 0.25) is 11.8 Å². The molecule has 18 heavy (non-hydrogen) atoms. The fourth-order valence-corrected chi connectivity index (χ4v) is 3.53. The number of hydrogen-bond donors (Lipinski definition) is 1. The lowest BCUT2D eigenvalue weighted by Crippen LogP contribution is -2.36. The van der Waals surface area contributed by atoms with Crippen molar-refractivity contribution in [1.29, 1.82) is 0 Å². The maximum atomic E-state index is 12.2. The number of imide groups is 1. The second kappa shape index (κ2) is 4.48.